The molecule has 0 bridgehead atoms. The molecule has 1 nitrogen and oxygen atoms in total. The monoisotopic (exact) mass is 261 g/mol. The van der Waals surface area contributed by atoms with E-state index < -0.39 is 0 Å². The molecule has 0 saturated heterocycles. The molecule has 98 valence electrons. The van der Waals surface area contributed by atoms with Crippen LogP contribution in [0.2, 0.25) is 0 Å². The first-order chi connectivity index (χ1) is 8.59. The molecule has 0 aromatic heterocycles. The van der Waals surface area contributed by atoms with E-state index in [1.807, 2.05) is 0 Å². The molecule has 1 aromatic carbocycles. The van der Waals surface area contributed by atoms with Crippen LogP contribution in [0.1, 0.15) is 62.5 Å². The predicted molar refractivity (Wildman–Crippen MR) is 82.0 cm³/mol. The highest BCUT2D eigenvalue weighted by atomic mass is 32.1. The Labute approximate surface area is 116 Å². The van der Waals surface area contributed by atoms with Crippen LogP contribution in [-0.4, -0.2) is 4.99 Å². The van der Waals surface area contributed by atoms with Crippen LogP contribution in [0.3, 0.4) is 0 Å². The topological polar surface area (TPSA) is 26.0 Å². The molecule has 2 heteroatoms. The molecule has 1 atom stereocenters. The van der Waals surface area contributed by atoms with Crippen molar-refractivity contribution in [2.45, 2.75) is 51.4 Å². The number of hydrogen-bond donors (Lipinski definition) is 1. The standard InChI is InChI=1S/C16H23NS/c1-11(2)12-7-9-14(10-8-12)15(16(17)18)13-5-3-4-6-13/h7-11,13,15H,3-6H2,1-2H3,(H2,17,18). The van der Waals surface area contributed by atoms with Crippen molar-refractivity contribution in [3.05, 3.63) is 35.4 Å². The molecule has 0 spiro atoms. The Hall–Kier alpha value is -0.890. The molecule has 1 fully saturated rings. The number of nitrogens with two attached hydrogens (primary N) is 1. The molecule has 1 aliphatic rings. The minimum absolute atomic E-state index is 0.281. The van der Waals surface area contributed by atoms with Gasteiger partial charge in [-0.1, -0.05) is 63.2 Å². The largest absolute Gasteiger partial charge is 0.393 e. The van der Waals surface area contributed by atoms with Gasteiger partial charge in [0, 0.05) is 5.92 Å². The molecule has 0 amide bonds. The van der Waals surface area contributed by atoms with Gasteiger partial charge in [-0.05, 0) is 35.8 Å². The van der Waals surface area contributed by atoms with Crippen molar-refractivity contribution in [3.63, 3.8) is 0 Å². The third kappa shape index (κ3) is 2.92. The summed E-state index contributed by atoms with van der Waals surface area (Å²) in [5, 5.41) is 0. The highest BCUT2D eigenvalue weighted by Gasteiger charge is 2.28. The fourth-order valence-corrected chi connectivity index (χ4v) is 3.38. The summed E-state index contributed by atoms with van der Waals surface area (Å²) in [6, 6.07) is 8.88. The highest BCUT2D eigenvalue weighted by Crippen LogP contribution is 2.37. The summed E-state index contributed by atoms with van der Waals surface area (Å²) in [7, 11) is 0. The number of benzene rings is 1. The van der Waals surface area contributed by atoms with E-state index in [4.69, 9.17) is 18.0 Å². The lowest BCUT2D eigenvalue weighted by Gasteiger charge is -2.23. The fraction of sp³-hybridized carbons (Fsp3) is 0.562. The highest BCUT2D eigenvalue weighted by molar-refractivity contribution is 7.80. The second-order valence-electron chi connectivity index (χ2n) is 5.75. The molecule has 0 radical (unpaired) electrons. The molecule has 18 heavy (non-hydrogen) atoms. The minimum atomic E-state index is 0.281. The summed E-state index contributed by atoms with van der Waals surface area (Å²) in [4.78, 5) is 0.666. The van der Waals surface area contributed by atoms with Crippen molar-refractivity contribution in [2.75, 3.05) is 0 Å². The molecule has 2 N–H and O–H groups in total. The summed E-state index contributed by atoms with van der Waals surface area (Å²) in [6.07, 6.45) is 5.20. The van der Waals surface area contributed by atoms with Crippen molar-refractivity contribution in [1.82, 2.24) is 0 Å². The summed E-state index contributed by atoms with van der Waals surface area (Å²) in [5.74, 6) is 1.52. The van der Waals surface area contributed by atoms with Gasteiger partial charge in [0.05, 0.1) is 4.99 Å². The molecule has 1 unspecified atom stereocenters. The zero-order chi connectivity index (χ0) is 13.1. The predicted octanol–water partition coefficient (Wildman–Crippen LogP) is 4.37. The second kappa shape index (κ2) is 5.83. The molecule has 1 aliphatic carbocycles. The van der Waals surface area contributed by atoms with E-state index in [0.29, 0.717) is 16.8 Å². The second-order valence-corrected chi connectivity index (χ2v) is 6.22. The Bertz CT molecular complexity index is 402. The van der Waals surface area contributed by atoms with E-state index in [0.717, 1.165) is 0 Å². The van der Waals surface area contributed by atoms with E-state index >= 15 is 0 Å². The Kier molecular flexibility index (Phi) is 4.39. The van der Waals surface area contributed by atoms with Crippen LogP contribution < -0.4 is 5.73 Å². The third-order valence-electron chi connectivity index (χ3n) is 4.14. The van der Waals surface area contributed by atoms with Crippen LogP contribution in [0.5, 0.6) is 0 Å². The maximum absolute atomic E-state index is 5.98. The lowest BCUT2D eigenvalue weighted by Crippen LogP contribution is -2.25. The minimum Gasteiger partial charge on any atom is -0.393 e. The van der Waals surface area contributed by atoms with Crippen molar-refractivity contribution < 1.29 is 0 Å². The Balaban J connectivity index is 2.22. The van der Waals surface area contributed by atoms with E-state index in [1.54, 1.807) is 0 Å². The zero-order valence-corrected chi connectivity index (χ0v) is 12.2. The van der Waals surface area contributed by atoms with E-state index in [-0.39, 0.29) is 5.92 Å². The van der Waals surface area contributed by atoms with Crippen molar-refractivity contribution >= 4 is 17.2 Å². The average molecular weight is 261 g/mol. The summed E-state index contributed by atoms with van der Waals surface area (Å²) >= 11 is 5.30. The van der Waals surface area contributed by atoms with Gasteiger partial charge in [-0.25, -0.2) is 0 Å². The van der Waals surface area contributed by atoms with Crippen molar-refractivity contribution in [2.24, 2.45) is 11.7 Å². The van der Waals surface area contributed by atoms with Gasteiger partial charge < -0.3 is 5.73 Å². The van der Waals surface area contributed by atoms with Crippen LogP contribution in [0.15, 0.2) is 24.3 Å². The molecule has 1 saturated carbocycles. The van der Waals surface area contributed by atoms with Gasteiger partial charge >= 0.3 is 0 Å². The maximum atomic E-state index is 5.98. The number of hydrogen-bond acceptors (Lipinski definition) is 1. The normalized spacial score (nSPS) is 18.2. The van der Waals surface area contributed by atoms with Gasteiger partial charge in [-0.15, -0.1) is 0 Å². The van der Waals surface area contributed by atoms with Crippen LogP contribution in [0, 0.1) is 5.92 Å². The molecular formula is C16H23NS. The van der Waals surface area contributed by atoms with Crippen LogP contribution in [-0.2, 0) is 0 Å². The molecule has 2 rings (SSSR count). The Morgan fingerprint density at radius 2 is 1.61 bits per heavy atom. The summed E-state index contributed by atoms with van der Waals surface area (Å²) < 4.78 is 0. The Morgan fingerprint density at radius 1 is 1.11 bits per heavy atom. The van der Waals surface area contributed by atoms with Gasteiger partial charge in [0.1, 0.15) is 0 Å². The average Bonchev–Trinajstić information content (AvgIpc) is 2.83. The lowest BCUT2D eigenvalue weighted by atomic mass is 9.84. The van der Waals surface area contributed by atoms with E-state index in [2.05, 4.69) is 38.1 Å². The van der Waals surface area contributed by atoms with Crippen LogP contribution in [0.25, 0.3) is 0 Å². The SMILES string of the molecule is CC(C)c1ccc(C(C(N)=S)C2CCCC2)cc1. The van der Waals surface area contributed by atoms with E-state index in [1.165, 1.54) is 36.8 Å². The van der Waals surface area contributed by atoms with Crippen molar-refractivity contribution in [3.8, 4) is 0 Å². The fourth-order valence-electron chi connectivity index (χ4n) is 3.05. The Morgan fingerprint density at radius 3 is 2.06 bits per heavy atom. The smallest absolute Gasteiger partial charge is 0.0806 e. The van der Waals surface area contributed by atoms with Gasteiger partial charge in [-0.2, -0.15) is 0 Å². The van der Waals surface area contributed by atoms with E-state index in [9.17, 15) is 0 Å². The molecular weight excluding hydrogens is 238 g/mol. The molecule has 0 heterocycles. The van der Waals surface area contributed by atoms with Crippen molar-refractivity contribution in [1.29, 1.82) is 0 Å². The summed E-state index contributed by atoms with van der Waals surface area (Å²) in [5.41, 5.74) is 8.66. The number of rotatable bonds is 4. The van der Waals surface area contributed by atoms with Gasteiger partial charge in [-0.3, -0.25) is 0 Å². The summed E-state index contributed by atoms with van der Waals surface area (Å²) in [6.45, 7) is 4.44. The van der Waals surface area contributed by atoms with Crippen LogP contribution in [0.4, 0.5) is 0 Å². The zero-order valence-electron chi connectivity index (χ0n) is 11.4. The first-order valence-corrected chi connectivity index (χ1v) is 7.39. The molecule has 1 aromatic rings. The quantitative estimate of drug-likeness (QED) is 0.814. The first kappa shape index (κ1) is 13.5. The van der Waals surface area contributed by atoms with Gasteiger partial charge in [0.25, 0.3) is 0 Å². The van der Waals surface area contributed by atoms with Crippen LogP contribution >= 0.6 is 12.2 Å². The van der Waals surface area contributed by atoms with Gasteiger partial charge in [0.15, 0.2) is 0 Å². The lowest BCUT2D eigenvalue weighted by molar-refractivity contribution is 0.514. The first-order valence-electron chi connectivity index (χ1n) is 6.98. The maximum Gasteiger partial charge on any atom is 0.0806 e. The number of thiocarbonyl (C=S) groups is 1. The third-order valence-corrected chi connectivity index (χ3v) is 4.39. The molecule has 0 aliphatic heterocycles. The van der Waals surface area contributed by atoms with Gasteiger partial charge in [0.2, 0.25) is 0 Å².